The van der Waals surface area contributed by atoms with Crippen LogP contribution < -0.4 is 10.1 Å². The predicted octanol–water partition coefficient (Wildman–Crippen LogP) is 2.92. The third-order valence-corrected chi connectivity index (χ3v) is 2.65. The minimum Gasteiger partial charge on any atom is -0.478 e. The number of nitrogens with one attached hydrogen (secondary N) is 1. The molecule has 0 spiro atoms. The molecule has 0 radical (unpaired) electrons. The molecule has 5 nitrogen and oxygen atoms in total. The van der Waals surface area contributed by atoms with Crippen molar-refractivity contribution >= 4 is 11.7 Å². The van der Waals surface area contributed by atoms with Gasteiger partial charge in [-0.3, -0.25) is 4.79 Å². The van der Waals surface area contributed by atoms with E-state index >= 15 is 0 Å². The van der Waals surface area contributed by atoms with E-state index in [-0.39, 0.29) is 5.75 Å². The highest BCUT2D eigenvalue weighted by Gasteiger charge is 2.20. The molecule has 1 aromatic heterocycles. The summed E-state index contributed by atoms with van der Waals surface area (Å²) >= 11 is 0. The zero-order valence-corrected chi connectivity index (χ0v) is 11.2. The summed E-state index contributed by atoms with van der Waals surface area (Å²) < 4.78 is 23.7. The molecule has 0 aliphatic heterocycles. The van der Waals surface area contributed by atoms with Crippen LogP contribution in [0.15, 0.2) is 34.9 Å². The van der Waals surface area contributed by atoms with Crippen LogP contribution in [0.3, 0.4) is 0 Å². The van der Waals surface area contributed by atoms with E-state index in [0.717, 1.165) is 0 Å². The number of halogens is 1. The number of hydrogen-bond acceptors (Lipinski definition) is 4. The van der Waals surface area contributed by atoms with E-state index in [1.54, 1.807) is 32.0 Å². The van der Waals surface area contributed by atoms with Crippen molar-refractivity contribution < 1.29 is 18.4 Å². The maximum absolute atomic E-state index is 13.5. The van der Waals surface area contributed by atoms with E-state index < -0.39 is 17.8 Å². The number of para-hydroxylation sites is 1. The number of nitrogens with zero attached hydrogens (tertiary/aromatic N) is 1. The third-order valence-electron chi connectivity index (χ3n) is 2.65. The molecule has 1 aromatic carbocycles. The van der Waals surface area contributed by atoms with Crippen LogP contribution in [-0.4, -0.2) is 17.2 Å². The summed E-state index contributed by atoms with van der Waals surface area (Å²) in [4.78, 5) is 12.0. The van der Waals surface area contributed by atoms with Crippen LogP contribution in [0.5, 0.6) is 5.75 Å². The number of ether oxygens (including phenoxy) is 1. The van der Waals surface area contributed by atoms with E-state index in [4.69, 9.17) is 9.26 Å². The van der Waals surface area contributed by atoms with Crippen LogP contribution in [0.2, 0.25) is 0 Å². The molecule has 1 atom stereocenters. The Kier molecular flexibility index (Phi) is 4.34. The minimum atomic E-state index is -0.802. The summed E-state index contributed by atoms with van der Waals surface area (Å²) in [6, 6.07) is 7.55. The van der Waals surface area contributed by atoms with Gasteiger partial charge in [0.25, 0.3) is 5.91 Å². The third kappa shape index (κ3) is 3.34. The molecule has 106 valence electrons. The van der Waals surface area contributed by atoms with Gasteiger partial charge in [-0.15, -0.1) is 0 Å². The summed E-state index contributed by atoms with van der Waals surface area (Å²) in [7, 11) is 0. The lowest BCUT2D eigenvalue weighted by atomic mass is 10.2. The summed E-state index contributed by atoms with van der Waals surface area (Å²) in [6.45, 7) is 3.49. The van der Waals surface area contributed by atoms with Gasteiger partial charge in [-0.1, -0.05) is 24.2 Å². The van der Waals surface area contributed by atoms with Crippen molar-refractivity contribution in [2.45, 2.75) is 26.4 Å². The lowest BCUT2D eigenvalue weighted by Gasteiger charge is -2.16. The lowest BCUT2D eigenvalue weighted by Crippen LogP contribution is -2.32. The van der Waals surface area contributed by atoms with Gasteiger partial charge in [-0.25, -0.2) is 4.39 Å². The van der Waals surface area contributed by atoms with Crippen LogP contribution in [-0.2, 0) is 4.79 Å². The topological polar surface area (TPSA) is 64.4 Å². The van der Waals surface area contributed by atoms with Gasteiger partial charge in [0.05, 0.1) is 0 Å². The Morgan fingerprint density at radius 1 is 1.50 bits per heavy atom. The average Bonchev–Trinajstić information content (AvgIpc) is 2.83. The van der Waals surface area contributed by atoms with E-state index in [9.17, 15) is 9.18 Å². The Balaban J connectivity index is 2.04. The first-order chi connectivity index (χ1) is 9.60. The molecular weight excluding hydrogens is 263 g/mol. The van der Waals surface area contributed by atoms with Crippen molar-refractivity contribution in [3.63, 3.8) is 0 Å². The summed E-state index contributed by atoms with van der Waals surface area (Å²) in [5.41, 5.74) is 0. The van der Waals surface area contributed by atoms with Crippen LogP contribution >= 0.6 is 0 Å². The molecule has 20 heavy (non-hydrogen) atoms. The summed E-state index contributed by atoms with van der Waals surface area (Å²) in [6.07, 6.45) is -0.402. The number of aryl methyl sites for hydroxylation is 1. The second kappa shape index (κ2) is 6.18. The van der Waals surface area contributed by atoms with Crippen molar-refractivity contribution in [3.8, 4) is 5.75 Å². The number of carbonyl (C=O) groups excluding carboxylic acids is 1. The highest BCUT2D eigenvalue weighted by molar-refractivity contribution is 5.93. The highest BCUT2D eigenvalue weighted by atomic mass is 19.1. The first-order valence-corrected chi connectivity index (χ1v) is 6.25. The molecule has 0 unspecified atom stereocenters. The summed E-state index contributed by atoms with van der Waals surface area (Å²) in [5, 5.41) is 6.22. The van der Waals surface area contributed by atoms with Gasteiger partial charge in [-0.05, 0) is 25.5 Å². The molecule has 1 amide bonds. The van der Waals surface area contributed by atoms with Gasteiger partial charge in [0.15, 0.2) is 23.5 Å². The number of aromatic nitrogens is 1. The van der Waals surface area contributed by atoms with Crippen molar-refractivity contribution in [1.29, 1.82) is 0 Å². The van der Waals surface area contributed by atoms with Crippen LogP contribution in [0, 0.1) is 12.7 Å². The molecular formula is C14H15FN2O3. The fourth-order valence-corrected chi connectivity index (χ4v) is 1.65. The monoisotopic (exact) mass is 278 g/mol. The van der Waals surface area contributed by atoms with Crippen molar-refractivity contribution in [3.05, 3.63) is 41.9 Å². The van der Waals surface area contributed by atoms with Gasteiger partial charge in [0, 0.05) is 6.07 Å². The van der Waals surface area contributed by atoms with Gasteiger partial charge >= 0.3 is 0 Å². The van der Waals surface area contributed by atoms with Crippen LogP contribution in [0.25, 0.3) is 0 Å². The SMILES string of the molecule is CC[C@@H](Oc1ccccc1F)C(=O)Nc1cc(C)on1. The second-order valence-corrected chi connectivity index (χ2v) is 4.26. The molecule has 0 aliphatic carbocycles. The zero-order chi connectivity index (χ0) is 14.5. The number of carbonyl (C=O) groups is 1. The maximum atomic E-state index is 13.5. The van der Waals surface area contributed by atoms with E-state index in [0.29, 0.717) is 18.0 Å². The molecule has 2 rings (SSSR count). The molecule has 1 heterocycles. The Bertz CT molecular complexity index is 598. The Hall–Kier alpha value is -2.37. The quantitative estimate of drug-likeness (QED) is 0.913. The molecule has 1 N–H and O–H groups in total. The predicted molar refractivity (Wildman–Crippen MR) is 71.0 cm³/mol. The number of amides is 1. The van der Waals surface area contributed by atoms with Crippen LogP contribution in [0.1, 0.15) is 19.1 Å². The van der Waals surface area contributed by atoms with Crippen molar-refractivity contribution in [2.75, 3.05) is 5.32 Å². The second-order valence-electron chi connectivity index (χ2n) is 4.26. The van der Waals surface area contributed by atoms with E-state index in [2.05, 4.69) is 10.5 Å². The number of benzene rings is 1. The standard InChI is InChI=1S/C14H15FN2O3/c1-3-11(19-12-7-5-4-6-10(12)15)14(18)16-13-8-9(2)20-17-13/h4-8,11H,3H2,1-2H3,(H,16,17,18)/t11-/m1/s1. The normalized spacial score (nSPS) is 11.9. The first kappa shape index (κ1) is 14.0. The fourth-order valence-electron chi connectivity index (χ4n) is 1.65. The van der Waals surface area contributed by atoms with Gasteiger partial charge < -0.3 is 14.6 Å². The molecule has 2 aromatic rings. The van der Waals surface area contributed by atoms with E-state index in [1.165, 1.54) is 12.1 Å². The molecule has 0 bridgehead atoms. The Morgan fingerprint density at radius 3 is 2.85 bits per heavy atom. The molecule has 0 saturated heterocycles. The lowest BCUT2D eigenvalue weighted by molar-refractivity contribution is -0.122. The smallest absolute Gasteiger partial charge is 0.266 e. The van der Waals surface area contributed by atoms with Gasteiger partial charge in [0.1, 0.15) is 5.76 Å². The fraction of sp³-hybridized carbons (Fsp3) is 0.286. The Morgan fingerprint density at radius 2 is 2.25 bits per heavy atom. The largest absolute Gasteiger partial charge is 0.478 e. The number of rotatable bonds is 5. The molecule has 6 heteroatoms. The van der Waals surface area contributed by atoms with Crippen molar-refractivity contribution in [2.24, 2.45) is 0 Å². The minimum absolute atomic E-state index is 0.0471. The van der Waals surface area contributed by atoms with Gasteiger partial charge in [0.2, 0.25) is 0 Å². The average molecular weight is 278 g/mol. The molecule has 0 fully saturated rings. The Labute approximate surface area is 115 Å². The molecule has 0 aliphatic rings. The van der Waals surface area contributed by atoms with Crippen molar-refractivity contribution in [1.82, 2.24) is 5.16 Å². The zero-order valence-electron chi connectivity index (χ0n) is 11.2. The van der Waals surface area contributed by atoms with Crippen LogP contribution in [0.4, 0.5) is 10.2 Å². The van der Waals surface area contributed by atoms with Gasteiger partial charge in [-0.2, -0.15) is 0 Å². The van der Waals surface area contributed by atoms with E-state index in [1.807, 2.05) is 0 Å². The highest BCUT2D eigenvalue weighted by Crippen LogP contribution is 2.19. The maximum Gasteiger partial charge on any atom is 0.266 e. The molecule has 0 saturated carbocycles. The summed E-state index contributed by atoms with van der Waals surface area (Å²) in [5.74, 6) is 0.0392. The number of hydrogen-bond donors (Lipinski definition) is 1. The first-order valence-electron chi connectivity index (χ1n) is 6.25. The number of anilines is 1.